The lowest BCUT2D eigenvalue weighted by atomic mass is 10.1. The molecule has 1 rings (SSSR count). The maximum atomic E-state index is 13.7. The van der Waals surface area contributed by atoms with Crippen LogP contribution in [0.15, 0.2) is 16.6 Å². The third kappa shape index (κ3) is 2.54. The molecule has 1 aromatic rings. The number of halogens is 2. The van der Waals surface area contributed by atoms with Gasteiger partial charge in [0.1, 0.15) is 5.82 Å². The smallest absolute Gasteiger partial charge is 0.175 e. The Morgan fingerprint density at radius 3 is 2.50 bits per heavy atom. The summed E-state index contributed by atoms with van der Waals surface area (Å²) in [7, 11) is 2.96. The van der Waals surface area contributed by atoms with E-state index in [1.54, 1.807) is 12.2 Å². The summed E-state index contributed by atoms with van der Waals surface area (Å²) in [5.41, 5.74) is 5.65. The van der Waals surface area contributed by atoms with Crippen LogP contribution in [0, 0.1) is 5.82 Å². The summed E-state index contributed by atoms with van der Waals surface area (Å²) in [4.78, 5) is 0. The highest BCUT2D eigenvalue weighted by Crippen LogP contribution is 2.40. The van der Waals surface area contributed by atoms with Gasteiger partial charge in [0.25, 0.3) is 0 Å². The van der Waals surface area contributed by atoms with Crippen LogP contribution in [0.4, 0.5) is 4.39 Å². The van der Waals surface area contributed by atoms with Crippen molar-refractivity contribution in [3.63, 3.8) is 0 Å². The SMILES string of the molecule is COc1c(Br)cc(F)c(/C=C/CN)c1OC. The van der Waals surface area contributed by atoms with Crippen molar-refractivity contribution in [2.24, 2.45) is 5.73 Å². The first-order valence-corrected chi connectivity index (χ1v) is 5.41. The fourth-order valence-electron chi connectivity index (χ4n) is 1.33. The minimum absolute atomic E-state index is 0.327. The standard InChI is InChI=1S/C11H13BrFNO2/c1-15-10-7(4-3-5-14)9(13)6-8(12)11(10)16-2/h3-4,6H,5,14H2,1-2H3/b4-3+. The second-order valence-electron chi connectivity index (χ2n) is 2.96. The molecule has 2 N–H and O–H groups in total. The van der Waals surface area contributed by atoms with Crippen molar-refractivity contribution >= 4 is 22.0 Å². The van der Waals surface area contributed by atoms with Crippen molar-refractivity contribution < 1.29 is 13.9 Å². The highest BCUT2D eigenvalue weighted by atomic mass is 79.9. The lowest BCUT2D eigenvalue weighted by Crippen LogP contribution is -1.98. The van der Waals surface area contributed by atoms with Crippen LogP contribution in [0.2, 0.25) is 0 Å². The van der Waals surface area contributed by atoms with Gasteiger partial charge in [-0.1, -0.05) is 12.2 Å². The molecule has 3 nitrogen and oxygen atoms in total. The second kappa shape index (κ2) is 5.86. The van der Waals surface area contributed by atoms with Crippen LogP contribution in [0.5, 0.6) is 11.5 Å². The first-order chi connectivity index (χ1) is 7.65. The van der Waals surface area contributed by atoms with E-state index < -0.39 is 5.82 Å². The van der Waals surface area contributed by atoms with Gasteiger partial charge in [-0.2, -0.15) is 0 Å². The summed E-state index contributed by atoms with van der Waals surface area (Å²) in [5, 5.41) is 0. The summed E-state index contributed by atoms with van der Waals surface area (Å²) in [5.74, 6) is 0.411. The van der Waals surface area contributed by atoms with E-state index in [0.29, 0.717) is 28.1 Å². The lowest BCUT2D eigenvalue weighted by Gasteiger charge is -2.13. The minimum Gasteiger partial charge on any atom is -0.492 e. The van der Waals surface area contributed by atoms with E-state index in [4.69, 9.17) is 15.2 Å². The quantitative estimate of drug-likeness (QED) is 0.927. The van der Waals surface area contributed by atoms with Gasteiger partial charge in [-0.05, 0) is 22.0 Å². The van der Waals surface area contributed by atoms with E-state index in [9.17, 15) is 4.39 Å². The maximum absolute atomic E-state index is 13.7. The normalized spacial score (nSPS) is 10.8. The number of benzene rings is 1. The van der Waals surface area contributed by atoms with E-state index >= 15 is 0 Å². The molecule has 0 fully saturated rings. The van der Waals surface area contributed by atoms with Gasteiger partial charge < -0.3 is 15.2 Å². The molecule has 88 valence electrons. The highest BCUT2D eigenvalue weighted by molar-refractivity contribution is 9.10. The van der Waals surface area contributed by atoms with E-state index in [1.807, 2.05) is 0 Å². The average Bonchev–Trinajstić information content (AvgIpc) is 2.27. The Kier molecular flexibility index (Phi) is 4.76. The summed E-state index contributed by atoms with van der Waals surface area (Å²) in [6.07, 6.45) is 3.22. The highest BCUT2D eigenvalue weighted by Gasteiger charge is 2.16. The molecule has 0 saturated heterocycles. The Balaban J connectivity index is 3.39. The molecule has 0 saturated carbocycles. The third-order valence-corrected chi connectivity index (χ3v) is 2.60. The maximum Gasteiger partial charge on any atom is 0.175 e. The Hall–Kier alpha value is -1.07. The summed E-state index contributed by atoms with van der Waals surface area (Å²) >= 11 is 3.21. The monoisotopic (exact) mass is 289 g/mol. The Morgan fingerprint density at radius 2 is 2.00 bits per heavy atom. The number of ether oxygens (including phenoxy) is 2. The number of hydrogen-bond acceptors (Lipinski definition) is 3. The second-order valence-corrected chi connectivity index (χ2v) is 3.81. The molecule has 0 heterocycles. The third-order valence-electron chi connectivity index (χ3n) is 2.01. The molecule has 0 unspecified atom stereocenters. The molecule has 0 aromatic heterocycles. The molecule has 0 spiro atoms. The largest absolute Gasteiger partial charge is 0.492 e. The van der Waals surface area contributed by atoms with Crippen LogP contribution >= 0.6 is 15.9 Å². The van der Waals surface area contributed by atoms with Crippen LogP contribution in [0.3, 0.4) is 0 Å². The fraction of sp³-hybridized carbons (Fsp3) is 0.273. The average molecular weight is 290 g/mol. The van der Waals surface area contributed by atoms with E-state index in [1.165, 1.54) is 20.3 Å². The molecule has 0 atom stereocenters. The lowest BCUT2D eigenvalue weighted by molar-refractivity contribution is 0.349. The van der Waals surface area contributed by atoms with Gasteiger partial charge in [0, 0.05) is 6.54 Å². The van der Waals surface area contributed by atoms with Crippen molar-refractivity contribution in [2.45, 2.75) is 0 Å². The van der Waals surface area contributed by atoms with Gasteiger partial charge >= 0.3 is 0 Å². The summed E-state index contributed by atoms with van der Waals surface area (Å²) < 4.78 is 24.5. The van der Waals surface area contributed by atoms with Gasteiger partial charge in [-0.15, -0.1) is 0 Å². The van der Waals surface area contributed by atoms with Crippen LogP contribution < -0.4 is 15.2 Å². The van der Waals surface area contributed by atoms with Crippen LogP contribution in [0.25, 0.3) is 6.08 Å². The van der Waals surface area contributed by atoms with E-state index in [-0.39, 0.29) is 0 Å². The number of hydrogen-bond donors (Lipinski definition) is 1. The van der Waals surface area contributed by atoms with Crippen molar-refractivity contribution in [3.8, 4) is 11.5 Å². The number of nitrogens with two attached hydrogens (primary N) is 1. The summed E-state index contributed by atoms with van der Waals surface area (Å²) in [6, 6.07) is 1.33. The van der Waals surface area contributed by atoms with Crippen molar-refractivity contribution in [1.82, 2.24) is 0 Å². The predicted octanol–water partition coefficient (Wildman–Crippen LogP) is 2.58. The molecule has 5 heteroatoms. The van der Waals surface area contributed by atoms with Gasteiger partial charge in [0.15, 0.2) is 11.5 Å². The topological polar surface area (TPSA) is 44.5 Å². The molecular weight excluding hydrogens is 277 g/mol. The van der Waals surface area contributed by atoms with Gasteiger partial charge in [-0.3, -0.25) is 0 Å². The van der Waals surface area contributed by atoms with E-state index in [2.05, 4.69) is 15.9 Å². The molecule has 16 heavy (non-hydrogen) atoms. The molecular formula is C11H13BrFNO2. The van der Waals surface area contributed by atoms with Gasteiger partial charge in [-0.25, -0.2) is 4.39 Å². The Bertz CT molecular complexity index is 407. The van der Waals surface area contributed by atoms with Gasteiger partial charge in [0.05, 0.1) is 24.3 Å². The minimum atomic E-state index is -0.394. The molecule has 0 amide bonds. The molecule has 0 radical (unpaired) electrons. The van der Waals surface area contributed by atoms with Crippen molar-refractivity contribution in [2.75, 3.05) is 20.8 Å². The molecule has 0 aliphatic heterocycles. The zero-order valence-corrected chi connectivity index (χ0v) is 10.7. The van der Waals surface area contributed by atoms with Crippen LogP contribution in [0.1, 0.15) is 5.56 Å². The predicted molar refractivity (Wildman–Crippen MR) is 65.3 cm³/mol. The van der Waals surface area contributed by atoms with Gasteiger partial charge in [0.2, 0.25) is 0 Å². The Labute approximate surface area is 102 Å². The molecule has 0 aliphatic rings. The fourth-order valence-corrected chi connectivity index (χ4v) is 1.87. The number of rotatable bonds is 4. The van der Waals surface area contributed by atoms with Crippen LogP contribution in [-0.4, -0.2) is 20.8 Å². The number of methoxy groups -OCH3 is 2. The van der Waals surface area contributed by atoms with E-state index in [0.717, 1.165) is 0 Å². The molecule has 1 aromatic carbocycles. The van der Waals surface area contributed by atoms with Crippen molar-refractivity contribution in [1.29, 1.82) is 0 Å². The first kappa shape index (κ1) is 13.0. The zero-order chi connectivity index (χ0) is 12.1. The molecule has 0 bridgehead atoms. The van der Waals surface area contributed by atoms with Crippen molar-refractivity contribution in [3.05, 3.63) is 28.0 Å². The molecule has 0 aliphatic carbocycles. The Morgan fingerprint density at radius 1 is 1.38 bits per heavy atom. The first-order valence-electron chi connectivity index (χ1n) is 4.62. The summed E-state index contributed by atoms with van der Waals surface area (Å²) in [6.45, 7) is 0.334. The zero-order valence-electron chi connectivity index (χ0n) is 9.09. The van der Waals surface area contributed by atoms with Crippen LogP contribution in [-0.2, 0) is 0 Å².